The number of hydrogen-bond donors (Lipinski definition) is 4. The van der Waals surface area contributed by atoms with Crippen LogP contribution < -0.4 is 9.47 Å². The van der Waals surface area contributed by atoms with Crippen molar-refractivity contribution in [2.75, 3.05) is 7.11 Å². The third-order valence-electron chi connectivity index (χ3n) is 7.06. The van der Waals surface area contributed by atoms with Crippen molar-refractivity contribution in [1.29, 1.82) is 0 Å². The van der Waals surface area contributed by atoms with Gasteiger partial charge in [-0.2, -0.15) is 0 Å². The summed E-state index contributed by atoms with van der Waals surface area (Å²) in [5.74, 6) is 1.84. The first-order valence-corrected chi connectivity index (χ1v) is 12.4. The summed E-state index contributed by atoms with van der Waals surface area (Å²) in [5, 5.41) is 40.4. The first-order valence-electron chi connectivity index (χ1n) is 12.4. The van der Waals surface area contributed by atoms with Crippen LogP contribution in [-0.2, 0) is 12.8 Å². The van der Waals surface area contributed by atoms with Crippen molar-refractivity contribution in [3.05, 3.63) is 107 Å². The van der Waals surface area contributed by atoms with Gasteiger partial charge in [-0.3, -0.25) is 0 Å². The van der Waals surface area contributed by atoms with Gasteiger partial charge in [-0.1, -0.05) is 30.3 Å². The van der Waals surface area contributed by atoms with Gasteiger partial charge in [0.15, 0.2) is 0 Å². The Bertz CT molecular complexity index is 1380. The minimum Gasteiger partial charge on any atom is -0.508 e. The number of phenols is 4. The first-order chi connectivity index (χ1) is 17.9. The molecule has 0 fully saturated rings. The Balaban J connectivity index is 1.45. The highest BCUT2D eigenvalue weighted by atomic mass is 16.5. The van der Waals surface area contributed by atoms with Crippen LogP contribution in [0.5, 0.6) is 34.5 Å². The minimum absolute atomic E-state index is 0.140. The van der Waals surface area contributed by atoms with E-state index in [1.54, 1.807) is 49.6 Å². The molecular formula is C31H30O6. The predicted molar refractivity (Wildman–Crippen MR) is 141 cm³/mol. The number of hydrogen-bond acceptors (Lipinski definition) is 6. The van der Waals surface area contributed by atoms with Crippen LogP contribution in [-0.4, -0.2) is 27.5 Å². The average molecular weight is 499 g/mol. The number of methoxy groups -OCH3 is 1. The molecule has 0 spiro atoms. The topological polar surface area (TPSA) is 99.4 Å². The van der Waals surface area contributed by atoms with Gasteiger partial charge in [-0.15, -0.1) is 0 Å². The van der Waals surface area contributed by atoms with Crippen LogP contribution in [0.15, 0.2) is 78.9 Å². The second-order valence-corrected chi connectivity index (χ2v) is 9.43. The van der Waals surface area contributed by atoms with Crippen molar-refractivity contribution < 1.29 is 29.9 Å². The lowest BCUT2D eigenvalue weighted by atomic mass is 9.84. The smallest absolute Gasteiger partial charge is 0.127 e. The average Bonchev–Trinajstić information content (AvgIpc) is 2.90. The summed E-state index contributed by atoms with van der Waals surface area (Å²) in [4.78, 5) is 0. The molecule has 4 aromatic carbocycles. The summed E-state index contributed by atoms with van der Waals surface area (Å²) in [6, 6.07) is 22.9. The quantitative estimate of drug-likeness (QED) is 0.237. The van der Waals surface area contributed by atoms with Crippen LogP contribution in [0.3, 0.4) is 0 Å². The lowest BCUT2D eigenvalue weighted by Crippen LogP contribution is -2.16. The maximum absolute atomic E-state index is 11.2. The fraction of sp³-hybridized carbons (Fsp3) is 0.226. The zero-order chi connectivity index (χ0) is 25.9. The number of rotatable bonds is 7. The molecule has 6 heteroatoms. The molecule has 5 rings (SSSR count). The van der Waals surface area contributed by atoms with E-state index in [9.17, 15) is 20.4 Å². The van der Waals surface area contributed by atoms with Gasteiger partial charge < -0.3 is 29.9 Å². The number of ether oxygens (including phenoxy) is 2. The van der Waals surface area contributed by atoms with Gasteiger partial charge in [0, 0.05) is 23.6 Å². The Morgan fingerprint density at radius 3 is 2.22 bits per heavy atom. The van der Waals surface area contributed by atoms with E-state index in [4.69, 9.17) is 9.47 Å². The minimum atomic E-state index is -0.145. The van der Waals surface area contributed by atoms with Gasteiger partial charge in [0.05, 0.1) is 7.11 Å². The molecule has 0 bridgehead atoms. The van der Waals surface area contributed by atoms with Crippen molar-refractivity contribution >= 4 is 0 Å². The SMILES string of the molecule is COc1cc(O)ccc1CC[C@H](c1ccc(O)cc1)c1cc2c(cc1O)O[C@H](c1ccc(O)cc1)CC2. The molecule has 0 amide bonds. The molecule has 4 aromatic rings. The normalized spacial score (nSPS) is 15.4. The molecule has 0 aromatic heterocycles. The molecular weight excluding hydrogens is 468 g/mol. The van der Waals surface area contributed by atoms with Crippen LogP contribution in [0, 0.1) is 0 Å². The van der Waals surface area contributed by atoms with Crippen molar-refractivity contribution in [2.45, 2.75) is 37.7 Å². The van der Waals surface area contributed by atoms with E-state index in [-0.39, 0.29) is 35.0 Å². The summed E-state index contributed by atoms with van der Waals surface area (Å²) in [6.45, 7) is 0. The second-order valence-electron chi connectivity index (χ2n) is 9.43. The maximum Gasteiger partial charge on any atom is 0.127 e. The molecule has 0 aliphatic carbocycles. The van der Waals surface area contributed by atoms with Gasteiger partial charge in [0.2, 0.25) is 0 Å². The fourth-order valence-electron chi connectivity index (χ4n) is 5.09. The summed E-state index contributed by atoms with van der Waals surface area (Å²) in [6.07, 6.45) is 2.77. The van der Waals surface area contributed by atoms with Gasteiger partial charge >= 0.3 is 0 Å². The van der Waals surface area contributed by atoms with Gasteiger partial charge in [0.1, 0.15) is 40.6 Å². The Hall–Kier alpha value is -4.32. The zero-order valence-corrected chi connectivity index (χ0v) is 20.6. The molecule has 0 saturated carbocycles. The summed E-state index contributed by atoms with van der Waals surface area (Å²) < 4.78 is 11.7. The molecule has 0 radical (unpaired) electrons. The monoisotopic (exact) mass is 498 g/mol. The molecule has 0 unspecified atom stereocenters. The number of benzene rings is 4. The summed E-state index contributed by atoms with van der Waals surface area (Å²) in [7, 11) is 1.58. The van der Waals surface area contributed by atoms with Crippen LogP contribution in [0.1, 0.15) is 52.7 Å². The lowest BCUT2D eigenvalue weighted by molar-refractivity contribution is 0.175. The highest BCUT2D eigenvalue weighted by Gasteiger charge is 2.26. The van der Waals surface area contributed by atoms with E-state index < -0.39 is 0 Å². The molecule has 6 nitrogen and oxygen atoms in total. The number of fused-ring (bicyclic) bond motifs is 1. The van der Waals surface area contributed by atoms with E-state index in [1.165, 1.54) is 0 Å². The second kappa shape index (κ2) is 10.3. The Morgan fingerprint density at radius 2 is 1.51 bits per heavy atom. The maximum atomic E-state index is 11.2. The number of phenolic OH excluding ortho intramolecular Hbond substituents is 4. The van der Waals surface area contributed by atoms with Crippen molar-refractivity contribution in [1.82, 2.24) is 0 Å². The van der Waals surface area contributed by atoms with Crippen LogP contribution in [0.4, 0.5) is 0 Å². The zero-order valence-electron chi connectivity index (χ0n) is 20.6. The Labute approximate surface area is 216 Å². The molecule has 1 aliphatic rings. The van der Waals surface area contributed by atoms with E-state index in [0.717, 1.165) is 40.7 Å². The van der Waals surface area contributed by atoms with E-state index >= 15 is 0 Å². The number of aromatic hydroxyl groups is 4. The third-order valence-corrected chi connectivity index (χ3v) is 7.06. The van der Waals surface area contributed by atoms with Crippen LogP contribution in [0.2, 0.25) is 0 Å². The number of aryl methyl sites for hydroxylation is 2. The molecule has 1 heterocycles. The molecule has 2 atom stereocenters. The lowest BCUT2D eigenvalue weighted by Gasteiger charge is -2.28. The van der Waals surface area contributed by atoms with Crippen molar-refractivity contribution in [2.24, 2.45) is 0 Å². The van der Waals surface area contributed by atoms with E-state index in [0.29, 0.717) is 24.3 Å². The first kappa shape index (κ1) is 24.4. The fourth-order valence-corrected chi connectivity index (χ4v) is 5.09. The standard InChI is InChI=1S/C31H30O6/c1-36-30-17-25(34)13-6-21(30)7-14-26(19-2-9-23(32)10-3-19)27-16-22-8-15-29(37-31(22)18-28(27)35)20-4-11-24(33)12-5-20/h2-6,9-13,16-18,26,29,32-35H,7-8,14-15H2,1H3/t26-,29+/m1/s1. The largest absolute Gasteiger partial charge is 0.508 e. The van der Waals surface area contributed by atoms with E-state index in [2.05, 4.69) is 0 Å². The Morgan fingerprint density at radius 1 is 0.838 bits per heavy atom. The Kier molecular flexibility index (Phi) is 6.82. The molecule has 4 N–H and O–H groups in total. The molecule has 1 aliphatic heterocycles. The third kappa shape index (κ3) is 5.28. The highest BCUT2D eigenvalue weighted by molar-refractivity contribution is 5.52. The summed E-state index contributed by atoms with van der Waals surface area (Å²) in [5.41, 5.74) is 4.76. The molecule has 37 heavy (non-hydrogen) atoms. The predicted octanol–water partition coefficient (Wildman–Crippen LogP) is 6.35. The molecule has 0 saturated heterocycles. The summed E-state index contributed by atoms with van der Waals surface area (Å²) >= 11 is 0. The van der Waals surface area contributed by atoms with Crippen molar-refractivity contribution in [3.63, 3.8) is 0 Å². The van der Waals surface area contributed by atoms with Gasteiger partial charge in [0.25, 0.3) is 0 Å². The van der Waals surface area contributed by atoms with Gasteiger partial charge in [-0.25, -0.2) is 0 Å². The van der Waals surface area contributed by atoms with Gasteiger partial charge in [-0.05, 0) is 84.3 Å². The molecule has 190 valence electrons. The van der Waals surface area contributed by atoms with E-state index in [1.807, 2.05) is 36.4 Å². The highest BCUT2D eigenvalue weighted by Crippen LogP contribution is 2.43. The van der Waals surface area contributed by atoms with Crippen LogP contribution in [0.25, 0.3) is 0 Å². The van der Waals surface area contributed by atoms with Crippen molar-refractivity contribution in [3.8, 4) is 34.5 Å². The van der Waals surface area contributed by atoms with Crippen LogP contribution >= 0.6 is 0 Å².